The average molecular weight is 409 g/mol. The lowest BCUT2D eigenvalue weighted by atomic mass is 10.2. The number of rotatable bonds is 6. The van der Waals surface area contributed by atoms with Gasteiger partial charge in [-0.05, 0) is 32.0 Å². The zero-order valence-electron chi connectivity index (χ0n) is 17.1. The van der Waals surface area contributed by atoms with E-state index in [4.69, 9.17) is 4.52 Å². The average Bonchev–Trinajstić information content (AvgIpc) is 3.05. The van der Waals surface area contributed by atoms with Gasteiger partial charge in [-0.25, -0.2) is 13.4 Å². The fourth-order valence-corrected chi connectivity index (χ4v) is 5.26. The second-order valence-electron chi connectivity index (χ2n) is 7.25. The van der Waals surface area contributed by atoms with Gasteiger partial charge in [-0.15, -0.1) is 0 Å². The van der Waals surface area contributed by atoms with Crippen LogP contribution in [0.15, 0.2) is 21.7 Å². The van der Waals surface area contributed by atoms with E-state index >= 15 is 0 Å². The van der Waals surface area contributed by atoms with Crippen LogP contribution in [0.2, 0.25) is 0 Å². The van der Waals surface area contributed by atoms with E-state index in [1.165, 1.54) is 6.20 Å². The summed E-state index contributed by atoms with van der Waals surface area (Å²) in [5, 5.41) is 3.88. The van der Waals surface area contributed by atoms with Crippen molar-refractivity contribution in [1.82, 2.24) is 24.3 Å². The summed E-state index contributed by atoms with van der Waals surface area (Å²) >= 11 is 0. The first-order chi connectivity index (χ1) is 13.2. The van der Waals surface area contributed by atoms with Crippen molar-refractivity contribution in [2.45, 2.75) is 45.2 Å². The van der Waals surface area contributed by atoms with Crippen molar-refractivity contribution in [3.05, 3.63) is 29.5 Å². The first-order valence-electron chi connectivity index (χ1n) is 9.43. The summed E-state index contributed by atoms with van der Waals surface area (Å²) < 4.78 is 33.0. The number of aryl methyl sites for hydroxylation is 2. The minimum absolute atomic E-state index is 0.0677. The summed E-state index contributed by atoms with van der Waals surface area (Å²) in [4.78, 5) is 12.9. The second kappa shape index (κ2) is 8.14. The van der Waals surface area contributed by atoms with Gasteiger partial charge in [-0.3, -0.25) is 0 Å². The number of anilines is 1. The third-order valence-electron chi connectivity index (χ3n) is 5.07. The van der Waals surface area contributed by atoms with Crippen LogP contribution in [0.1, 0.15) is 31.1 Å². The van der Waals surface area contributed by atoms with Gasteiger partial charge in [-0.2, -0.15) is 9.29 Å². The topological polar surface area (TPSA) is 95.7 Å². The molecular formula is C18H28N6O3S. The normalized spacial score (nSPS) is 19.1. The van der Waals surface area contributed by atoms with Crippen molar-refractivity contribution in [3.8, 4) is 0 Å². The fraction of sp³-hybridized carbons (Fsp3) is 0.611. The molecule has 28 heavy (non-hydrogen) atoms. The van der Waals surface area contributed by atoms with Crippen LogP contribution in [0.3, 0.4) is 0 Å². The molecular weight excluding hydrogens is 380 g/mol. The lowest BCUT2D eigenvalue weighted by Crippen LogP contribution is -2.53. The van der Waals surface area contributed by atoms with Crippen LogP contribution in [-0.4, -0.2) is 72.0 Å². The highest BCUT2D eigenvalue weighted by molar-refractivity contribution is 7.89. The Kier molecular flexibility index (Phi) is 6.01. The van der Waals surface area contributed by atoms with Gasteiger partial charge in [0.15, 0.2) is 5.82 Å². The first kappa shape index (κ1) is 20.7. The van der Waals surface area contributed by atoms with Crippen molar-refractivity contribution in [3.63, 3.8) is 0 Å². The van der Waals surface area contributed by atoms with Crippen LogP contribution in [0.25, 0.3) is 0 Å². The fourth-order valence-electron chi connectivity index (χ4n) is 3.49. The number of piperazine rings is 1. The highest BCUT2D eigenvalue weighted by Crippen LogP contribution is 2.25. The Labute approximate surface area is 166 Å². The Balaban J connectivity index is 1.79. The molecule has 3 rings (SSSR count). The number of sulfonamides is 1. The van der Waals surface area contributed by atoms with Gasteiger partial charge in [-0.1, -0.05) is 12.1 Å². The van der Waals surface area contributed by atoms with Crippen molar-refractivity contribution >= 4 is 15.8 Å². The van der Waals surface area contributed by atoms with Crippen LogP contribution in [-0.2, 0) is 16.6 Å². The van der Waals surface area contributed by atoms with E-state index in [1.807, 2.05) is 18.9 Å². The largest absolute Gasteiger partial charge is 0.352 e. The Bertz CT molecular complexity index is 929. The van der Waals surface area contributed by atoms with Gasteiger partial charge in [0.25, 0.3) is 0 Å². The third kappa shape index (κ3) is 4.18. The van der Waals surface area contributed by atoms with Crippen LogP contribution >= 0.6 is 0 Å². The molecule has 3 heterocycles. The molecule has 0 aromatic carbocycles. The number of hydrogen-bond donors (Lipinski definition) is 0. The molecule has 0 aliphatic carbocycles. The van der Waals surface area contributed by atoms with Gasteiger partial charge < -0.3 is 14.3 Å². The smallest absolute Gasteiger partial charge is 0.245 e. The van der Waals surface area contributed by atoms with E-state index < -0.39 is 10.0 Å². The lowest BCUT2D eigenvalue weighted by Gasteiger charge is -2.38. The highest BCUT2D eigenvalue weighted by atomic mass is 32.2. The van der Waals surface area contributed by atoms with E-state index in [0.29, 0.717) is 36.2 Å². The zero-order chi connectivity index (χ0) is 20.5. The molecule has 0 spiro atoms. The molecule has 1 saturated heterocycles. The molecule has 1 unspecified atom stereocenters. The summed E-state index contributed by atoms with van der Waals surface area (Å²) in [6, 6.07) is 1.72. The van der Waals surface area contributed by atoms with Gasteiger partial charge in [0.05, 0.1) is 6.54 Å². The van der Waals surface area contributed by atoms with Gasteiger partial charge >= 0.3 is 0 Å². The molecule has 2 aromatic rings. The third-order valence-corrected chi connectivity index (χ3v) is 7.22. The quantitative estimate of drug-likeness (QED) is 0.708. The molecule has 1 fully saturated rings. The summed E-state index contributed by atoms with van der Waals surface area (Å²) in [7, 11) is -1.73. The second-order valence-corrected chi connectivity index (χ2v) is 9.11. The maximum Gasteiger partial charge on any atom is 0.245 e. The van der Waals surface area contributed by atoms with Crippen LogP contribution in [0, 0.1) is 13.8 Å². The number of nitrogens with zero attached hydrogens (tertiary/aromatic N) is 6. The molecule has 1 aliphatic rings. The van der Waals surface area contributed by atoms with E-state index in [9.17, 15) is 8.42 Å². The van der Waals surface area contributed by atoms with Crippen molar-refractivity contribution in [2.75, 3.05) is 38.1 Å². The van der Waals surface area contributed by atoms with Crippen molar-refractivity contribution in [1.29, 1.82) is 0 Å². The predicted octanol–water partition coefficient (Wildman–Crippen LogP) is 1.43. The first-order valence-corrected chi connectivity index (χ1v) is 10.9. The highest BCUT2D eigenvalue weighted by Gasteiger charge is 2.34. The molecule has 0 N–H and O–H groups in total. The summed E-state index contributed by atoms with van der Waals surface area (Å²) in [6.45, 7) is 10.9. The van der Waals surface area contributed by atoms with E-state index in [0.717, 1.165) is 19.6 Å². The Morgan fingerprint density at radius 3 is 2.64 bits per heavy atom. The van der Waals surface area contributed by atoms with E-state index in [1.54, 1.807) is 24.2 Å². The molecule has 2 aromatic heterocycles. The molecule has 9 nitrogen and oxygen atoms in total. The van der Waals surface area contributed by atoms with Crippen molar-refractivity contribution in [2.24, 2.45) is 0 Å². The molecule has 1 aliphatic heterocycles. The lowest BCUT2D eigenvalue weighted by molar-refractivity contribution is 0.150. The molecule has 0 bridgehead atoms. The minimum atomic E-state index is -3.59. The zero-order valence-corrected chi connectivity index (χ0v) is 17.9. The molecule has 10 heteroatoms. The monoisotopic (exact) mass is 408 g/mol. The van der Waals surface area contributed by atoms with Crippen molar-refractivity contribution < 1.29 is 12.9 Å². The van der Waals surface area contributed by atoms with Gasteiger partial charge in [0.2, 0.25) is 15.9 Å². The summed E-state index contributed by atoms with van der Waals surface area (Å²) in [5.74, 6) is 1.72. The number of aromatic nitrogens is 3. The Morgan fingerprint density at radius 1 is 1.32 bits per heavy atom. The molecule has 0 radical (unpaired) electrons. The van der Waals surface area contributed by atoms with Crippen LogP contribution in [0.5, 0.6) is 0 Å². The maximum absolute atomic E-state index is 13.2. The Hall–Kier alpha value is -2.04. The maximum atomic E-state index is 13.2. The number of pyridine rings is 1. The van der Waals surface area contributed by atoms with Gasteiger partial charge in [0, 0.05) is 45.8 Å². The molecule has 154 valence electrons. The molecule has 0 saturated carbocycles. The molecule has 0 amide bonds. The predicted molar refractivity (Wildman–Crippen MR) is 106 cm³/mol. The van der Waals surface area contributed by atoms with Gasteiger partial charge in [0.1, 0.15) is 10.7 Å². The van der Waals surface area contributed by atoms with E-state index in [-0.39, 0.29) is 10.9 Å². The Morgan fingerprint density at radius 2 is 2.07 bits per heavy atom. The minimum Gasteiger partial charge on any atom is -0.352 e. The summed E-state index contributed by atoms with van der Waals surface area (Å²) in [6.07, 6.45) is 1.46. The standard InChI is InChI=1S/C18H28N6O3S/c1-6-23-7-8-24(14(3)11-23)28(25,26)16-10-19-18(9-13(16)2)22(5)12-17-20-15(4)27-21-17/h9-10,14H,6-8,11-12H2,1-5H3. The molecule has 1 atom stereocenters. The summed E-state index contributed by atoms with van der Waals surface area (Å²) in [5.41, 5.74) is 0.672. The van der Waals surface area contributed by atoms with Crippen LogP contribution in [0.4, 0.5) is 5.82 Å². The number of likely N-dealkylation sites (N-methyl/N-ethyl adjacent to an activating group) is 1. The van der Waals surface area contributed by atoms with E-state index in [2.05, 4.69) is 26.9 Å². The SMILES string of the molecule is CCN1CCN(S(=O)(=O)c2cnc(N(C)Cc3noc(C)n3)cc2C)C(C)C1. The van der Waals surface area contributed by atoms with Crippen LogP contribution < -0.4 is 4.90 Å². The number of hydrogen-bond acceptors (Lipinski definition) is 8.